The van der Waals surface area contributed by atoms with Crippen LogP contribution in [0, 0.1) is 17.0 Å². The number of fused-ring (bicyclic) bond motifs is 1. The summed E-state index contributed by atoms with van der Waals surface area (Å²) in [5, 5.41) is 14.4. The predicted molar refractivity (Wildman–Crippen MR) is 156 cm³/mol. The van der Waals surface area contributed by atoms with Crippen LogP contribution in [0.3, 0.4) is 0 Å². The Morgan fingerprint density at radius 1 is 1.12 bits per heavy atom. The number of benzene rings is 2. The molecule has 1 aromatic heterocycles. The Morgan fingerprint density at radius 3 is 2.55 bits per heavy atom. The number of methoxy groups -OCH3 is 2. The summed E-state index contributed by atoms with van der Waals surface area (Å²) in [6, 6.07) is 12.6. The summed E-state index contributed by atoms with van der Waals surface area (Å²) >= 11 is 1.31. The SMILES string of the molecule is CCOC(=O)C1=C(C)NC2S/C(=C\c3ccc(-c4ccc([N+](=O)[O-])cc4C)o3)C(=O)N2C1c1ccc(OC)c(OC)c1. The van der Waals surface area contributed by atoms with Gasteiger partial charge in [-0.1, -0.05) is 17.8 Å². The molecule has 11 nitrogen and oxygen atoms in total. The number of thioether (sulfide) groups is 1. The van der Waals surface area contributed by atoms with Crippen molar-refractivity contribution < 1.29 is 33.1 Å². The van der Waals surface area contributed by atoms with Crippen molar-refractivity contribution in [3.8, 4) is 22.8 Å². The molecule has 0 saturated carbocycles. The van der Waals surface area contributed by atoms with Crippen molar-refractivity contribution >= 4 is 35.4 Å². The number of furan rings is 1. The van der Waals surface area contributed by atoms with Gasteiger partial charge in [-0.2, -0.15) is 0 Å². The molecule has 1 N–H and O–H groups in total. The average Bonchev–Trinajstić information content (AvgIpc) is 3.55. The van der Waals surface area contributed by atoms with Crippen LogP contribution in [0.25, 0.3) is 17.4 Å². The molecule has 42 heavy (non-hydrogen) atoms. The van der Waals surface area contributed by atoms with Crippen LogP contribution < -0.4 is 14.8 Å². The van der Waals surface area contributed by atoms with E-state index in [0.29, 0.717) is 55.9 Å². The van der Waals surface area contributed by atoms with Gasteiger partial charge in [0.2, 0.25) is 0 Å². The van der Waals surface area contributed by atoms with E-state index in [1.165, 1.54) is 38.1 Å². The fraction of sp³-hybridized carbons (Fsp3) is 0.267. The number of nitrogens with one attached hydrogen (secondary N) is 1. The second-order valence-electron chi connectivity index (χ2n) is 9.57. The van der Waals surface area contributed by atoms with Gasteiger partial charge in [0.05, 0.1) is 42.3 Å². The molecule has 2 aliphatic heterocycles. The molecule has 0 spiro atoms. The maximum Gasteiger partial charge on any atom is 0.338 e. The molecule has 218 valence electrons. The zero-order valence-electron chi connectivity index (χ0n) is 23.6. The van der Waals surface area contributed by atoms with Crippen LogP contribution in [-0.2, 0) is 14.3 Å². The summed E-state index contributed by atoms with van der Waals surface area (Å²) in [7, 11) is 3.06. The van der Waals surface area contributed by atoms with Crippen LogP contribution in [-0.4, -0.2) is 48.0 Å². The first-order chi connectivity index (χ1) is 20.2. The van der Waals surface area contributed by atoms with Crippen LogP contribution in [0.2, 0.25) is 0 Å². The van der Waals surface area contributed by atoms with Crippen LogP contribution in [0.4, 0.5) is 5.69 Å². The molecule has 0 bridgehead atoms. The van der Waals surface area contributed by atoms with E-state index in [1.54, 1.807) is 68.1 Å². The molecule has 2 unspecified atom stereocenters. The van der Waals surface area contributed by atoms with E-state index < -0.39 is 22.4 Å². The second-order valence-corrected chi connectivity index (χ2v) is 10.7. The number of amides is 1. The van der Waals surface area contributed by atoms with E-state index >= 15 is 0 Å². The van der Waals surface area contributed by atoms with E-state index in [4.69, 9.17) is 18.6 Å². The van der Waals surface area contributed by atoms with Gasteiger partial charge in [-0.25, -0.2) is 4.79 Å². The van der Waals surface area contributed by atoms with Crippen LogP contribution in [0.5, 0.6) is 11.5 Å². The number of non-ortho nitro benzene ring substituents is 1. The van der Waals surface area contributed by atoms with Crippen molar-refractivity contribution in [3.63, 3.8) is 0 Å². The Balaban J connectivity index is 1.51. The first-order valence-electron chi connectivity index (χ1n) is 13.1. The largest absolute Gasteiger partial charge is 0.493 e. The number of hydrogen-bond acceptors (Lipinski definition) is 10. The van der Waals surface area contributed by atoms with E-state index in [2.05, 4.69) is 5.32 Å². The molecule has 2 aliphatic rings. The minimum Gasteiger partial charge on any atom is -0.493 e. The summed E-state index contributed by atoms with van der Waals surface area (Å²) in [6.07, 6.45) is 1.66. The minimum atomic E-state index is -0.754. The number of nitro benzene ring substituents is 1. The number of carbonyl (C=O) groups is 2. The zero-order valence-corrected chi connectivity index (χ0v) is 24.4. The molecule has 0 radical (unpaired) electrons. The highest BCUT2D eigenvalue weighted by atomic mass is 32.2. The smallest absolute Gasteiger partial charge is 0.338 e. The third-order valence-corrected chi connectivity index (χ3v) is 8.15. The molecule has 2 atom stereocenters. The molecule has 1 amide bonds. The van der Waals surface area contributed by atoms with E-state index in [1.807, 2.05) is 0 Å². The Bertz CT molecular complexity index is 1640. The summed E-state index contributed by atoms with van der Waals surface area (Å²) < 4.78 is 22.3. The van der Waals surface area contributed by atoms with Crippen molar-refractivity contribution in [2.24, 2.45) is 0 Å². The molecule has 3 aromatic rings. The van der Waals surface area contributed by atoms with Gasteiger partial charge in [-0.3, -0.25) is 19.8 Å². The lowest BCUT2D eigenvalue weighted by Crippen LogP contribution is -2.49. The van der Waals surface area contributed by atoms with Gasteiger partial charge in [0.15, 0.2) is 17.0 Å². The van der Waals surface area contributed by atoms with Crippen LogP contribution in [0.1, 0.15) is 36.8 Å². The summed E-state index contributed by atoms with van der Waals surface area (Å²) in [4.78, 5) is 39.8. The first kappa shape index (κ1) is 28.8. The Labute approximate surface area is 246 Å². The first-order valence-corrected chi connectivity index (χ1v) is 14.0. The number of nitro groups is 1. The van der Waals surface area contributed by atoms with Gasteiger partial charge < -0.3 is 23.9 Å². The van der Waals surface area contributed by atoms with Crippen molar-refractivity contribution in [3.05, 3.63) is 91.7 Å². The van der Waals surface area contributed by atoms with Crippen LogP contribution >= 0.6 is 11.8 Å². The highest BCUT2D eigenvalue weighted by Crippen LogP contribution is 2.47. The van der Waals surface area contributed by atoms with Gasteiger partial charge in [0.25, 0.3) is 11.6 Å². The molecular weight excluding hydrogens is 562 g/mol. The van der Waals surface area contributed by atoms with Gasteiger partial charge in [0, 0.05) is 29.5 Å². The van der Waals surface area contributed by atoms with Crippen LogP contribution in [0.15, 0.2) is 69.1 Å². The van der Waals surface area contributed by atoms with E-state index in [0.717, 1.165) is 0 Å². The lowest BCUT2D eigenvalue weighted by molar-refractivity contribution is -0.384. The van der Waals surface area contributed by atoms with Crippen molar-refractivity contribution in [2.45, 2.75) is 32.3 Å². The van der Waals surface area contributed by atoms with Gasteiger partial charge in [-0.15, -0.1) is 0 Å². The van der Waals surface area contributed by atoms with E-state index in [-0.39, 0.29) is 18.2 Å². The molecule has 1 fully saturated rings. The minimum absolute atomic E-state index is 0.00243. The molecule has 2 aromatic carbocycles. The normalized spacial score (nSPS) is 19.0. The quantitative estimate of drug-likeness (QED) is 0.154. The fourth-order valence-electron chi connectivity index (χ4n) is 5.08. The third-order valence-electron chi connectivity index (χ3n) is 7.04. The maximum absolute atomic E-state index is 13.9. The number of hydrogen-bond donors (Lipinski definition) is 1. The summed E-state index contributed by atoms with van der Waals surface area (Å²) in [5.74, 6) is 1.12. The molecule has 1 saturated heterocycles. The number of allylic oxidation sites excluding steroid dienone is 1. The number of rotatable bonds is 8. The lowest BCUT2D eigenvalue weighted by Gasteiger charge is -2.39. The number of ether oxygens (including phenoxy) is 3. The zero-order chi connectivity index (χ0) is 30.1. The number of aryl methyl sites for hydroxylation is 1. The molecule has 3 heterocycles. The fourth-order valence-corrected chi connectivity index (χ4v) is 6.28. The Morgan fingerprint density at radius 2 is 1.88 bits per heavy atom. The third kappa shape index (κ3) is 5.20. The Hall–Kier alpha value is -4.71. The maximum atomic E-state index is 13.9. The van der Waals surface area contributed by atoms with Crippen molar-refractivity contribution in [1.82, 2.24) is 10.2 Å². The topological polar surface area (TPSA) is 133 Å². The highest BCUT2D eigenvalue weighted by molar-refractivity contribution is 8.05. The second kappa shape index (κ2) is 11.6. The molecule has 0 aliphatic carbocycles. The molecule has 5 rings (SSSR count). The van der Waals surface area contributed by atoms with Gasteiger partial charge >= 0.3 is 5.97 Å². The Kier molecular flexibility index (Phi) is 7.99. The number of nitrogens with zero attached hydrogens (tertiary/aromatic N) is 2. The number of carbonyl (C=O) groups excluding carboxylic acids is 2. The molecular formula is C30H29N3O8S. The lowest BCUT2D eigenvalue weighted by atomic mass is 9.93. The summed E-state index contributed by atoms with van der Waals surface area (Å²) in [5.41, 5.74) is 2.49. The van der Waals surface area contributed by atoms with Crippen molar-refractivity contribution in [2.75, 3.05) is 20.8 Å². The number of esters is 1. The monoisotopic (exact) mass is 591 g/mol. The van der Waals surface area contributed by atoms with Gasteiger partial charge in [0.1, 0.15) is 11.5 Å². The molecule has 12 heteroatoms. The highest BCUT2D eigenvalue weighted by Gasteiger charge is 2.48. The predicted octanol–water partition coefficient (Wildman–Crippen LogP) is 5.56. The standard InChI is InChI=1S/C30H29N3O8S/c1-6-40-29(35)26-17(3)31-30-32(27(26)18-7-11-23(38-4)24(14-18)39-5)28(34)25(42-30)15-20-9-12-22(41-20)21-10-8-19(33(36)37)13-16(21)2/h7-15,27,30-31H,6H2,1-5H3/b25-15-. The summed E-state index contributed by atoms with van der Waals surface area (Å²) in [6.45, 7) is 5.47. The van der Waals surface area contributed by atoms with Crippen molar-refractivity contribution in [1.29, 1.82) is 0 Å². The van der Waals surface area contributed by atoms with Gasteiger partial charge in [-0.05, 0) is 62.2 Å². The average molecular weight is 592 g/mol. The van der Waals surface area contributed by atoms with E-state index in [9.17, 15) is 19.7 Å².